The van der Waals surface area contributed by atoms with Crippen molar-refractivity contribution in [3.8, 4) is 5.75 Å². The molecule has 166 valence electrons. The number of likely N-dealkylation sites (tertiary alicyclic amines) is 1. The Labute approximate surface area is 190 Å². The average molecular weight is 441 g/mol. The van der Waals surface area contributed by atoms with E-state index < -0.39 is 5.41 Å². The number of carbonyl (C=O) groups excluding carboxylic acids is 1. The first-order chi connectivity index (χ1) is 15.1. The highest BCUT2D eigenvalue weighted by atomic mass is 35.5. The molecule has 31 heavy (non-hydrogen) atoms. The van der Waals surface area contributed by atoms with Gasteiger partial charge in [-0.2, -0.15) is 0 Å². The highest BCUT2D eigenvalue weighted by molar-refractivity contribution is 6.31. The normalized spacial score (nSPS) is 21.0. The highest BCUT2D eigenvalue weighted by Crippen LogP contribution is 2.44. The second-order valence-electron chi connectivity index (χ2n) is 9.14. The number of nitrogens with zero attached hydrogens (tertiary/aromatic N) is 1. The molecule has 2 fully saturated rings. The molecule has 1 saturated heterocycles. The lowest BCUT2D eigenvalue weighted by Gasteiger charge is -2.30. The van der Waals surface area contributed by atoms with E-state index in [9.17, 15) is 4.79 Å². The molecule has 1 aliphatic heterocycles. The molecule has 0 unspecified atom stereocenters. The van der Waals surface area contributed by atoms with Gasteiger partial charge in [0.15, 0.2) is 0 Å². The van der Waals surface area contributed by atoms with E-state index in [0.29, 0.717) is 11.6 Å². The topological polar surface area (TPSA) is 41.6 Å². The fourth-order valence-corrected chi connectivity index (χ4v) is 5.43. The van der Waals surface area contributed by atoms with Crippen molar-refractivity contribution < 1.29 is 9.53 Å². The maximum atomic E-state index is 13.3. The van der Waals surface area contributed by atoms with Gasteiger partial charge in [-0.1, -0.05) is 49.6 Å². The van der Waals surface area contributed by atoms with Gasteiger partial charge < -0.3 is 10.1 Å². The van der Waals surface area contributed by atoms with Crippen LogP contribution >= 0.6 is 11.6 Å². The zero-order valence-corrected chi connectivity index (χ0v) is 19.2. The molecule has 2 aromatic carbocycles. The molecule has 1 saturated carbocycles. The van der Waals surface area contributed by atoms with Crippen LogP contribution in [-0.2, 0) is 10.2 Å². The van der Waals surface area contributed by atoms with Crippen LogP contribution in [0.5, 0.6) is 5.75 Å². The van der Waals surface area contributed by atoms with E-state index in [0.717, 1.165) is 55.1 Å². The first kappa shape index (κ1) is 22.2. The summed E-state index contributed by atoms with van der Waals surface area (Å²) in [5, 5.41) is 3.80. The monoisotopic (exact) mass is 440 g/mol. The lowest BCUT2D eigenvalue weighted by molar-refractivity contribution is -0.121. The van der Waals surface area contributed by atoms with E-state index in [1.165, 1.54) is 25.9 Å². The number of ether oxygens (including phenoxy) is 1. The maximum absolute atomic E-state index is 13.3. The minimum atomic E-state index is -0.543. The van der Waals surface area contributed by atoms with Crippen LogP contribution in [0.15, 0.2) is 48.5 Å². The van der Waals surface area contributed by atoms with Crippen LogP contribution in [0.4, 0.5) is 5.69 Å². The van der Waals surface area contributed by atoms with Crippen molar-refractivity contribution in [2.75, 3.05) is 31.6 Å². The molecule has 5 heteroatoms. The van der Waals surface area contributed by atoms with Gasteiger partial charge in [-0.3, -0.25) is 9.69 Å². The molecule has 1 amide bonds. The number of piperidine rings is 1. The van der Waals surface area contributed by atoms with Crippen LogP contribution < -0.4 is 10.1 Å². The van der Waals surface area contributed by atoms with E-state index in [1.54, 1.807) is 0 Å². The molecule has 0 radical (unpaired) electrons. The second kappa shape index (κ2) is 10.1. The Hall–Kier alpha value is -2.04. The molecule has 1 N–H and O–H groups in total. The van der Waals surface area contributed by atoms with Gasteiger partial charge in [0.2, 0.25) is 5.91 Å². The summed E-state index contributed by atoms with van der Waals surface area (Å²) in [6.07, 6.45) is 6.37. The molecule has 1 aliphatic carbocycles. The highest BCUT2D eigenvalue weighted by Gasteiger charge is 2.43. The number of anilines is 1. The Morgan fingerprint density at radius 2 is 1.87 bits per heavy atom. The van der Waals surface area contributed by atoms with Crippen molar-refractivity contribution in [2.24, 2.45) is 5.92 Å². The van der Waals surface area contributed by atoms with Gasteiger partial charge in [-0.15, -0.1) is 0 Å². The second-order valence-corrected chi connectivity index (χ2v) is 9.55. The molecule has 4 nitrogen and oxygen atoms in total. The fourth-order valence-electron chi connectivity index (χ4n) is 5.11. The van der Waals surface area contributed by atoms with Gasteiger partial charge in [-0.25, -0.2) is 0 Å². The summed E-state index contributed by atoms with van der Waals surface area (Å²) in [6, 6.07) is 15.5. The van der Waals surface area contributed by atoms with E-state index in [2.05, 4.69) is 17.1 Å². The first-order valence-corrected chi connectivity index (χ1v) is 12.0. The van der Waals surface area contributed by atoms with Crippen molar-refractivity contribution >= 4 is 23.2 Å². The van der Waals surface area contributed by atoms with E-state index in [1.807, 2.05) is 48.5 Å². The standard InChI is InChI=1S/C26H33ClN2O2/c1-20-7-6-16-29(19-20)17-18-31-22-12-10-21(11-13-22)28-25(30)26(14-4-5-15-26)23-8-2-3-9-24(23)27/h2-3,8-13,20H,4-7,14-19H2,1H3,(H,28,30)/t20-/m1/s1. The van der Waals surface area contributed by atoms with Crippen molar-refractivity contribution in [1.82, 2.24) is 4.90 Å². The number of halogens is 1. The molecular formula is C26H33ClN2O2. The van der Waals surface area contributed by atoms with E-state index in [-0.39, 0.29) is 5.91 Å². The quantitative estimate of drug-likeness (QED) is 0.582. The molecular weight excluding hydrogens is 408 g/mol. The molecule has 4 rings (SSSR count). The fraction of sp³-hybridized carbons (Fsp3) is 0.500. The zero-order chi connectivity index (χ0) is 21.7. The van der Waals surface area contributed by atoms with Gasteiger partial charge in [-0.05, 0) is 74.0 Å². The number of hydrogen-bond acceptors (Lipinski definition) is 3. The zero-order valence-electron chi connectivity index (χ0n) is 18.4. The Kier molecular flexibility index (Phi) is 7.19. The number of carbonyl (C=O) groups is 1. The summed E-state index contributed by atoms with van der Waals surface area (Å²) in [7, 11) is 0. The molecule has 0 spiro atoms. The first-order valence-electron chi connectivity index (χ1n) is 11.6. The number of nitrogens with one attached hydrogen (secondary N) is 1. The van der Waals surface area contributed by atoms with E-state index >= 15 is 0 Å². The largest absolute Gasteiger partial charge is 0.492 e. The molecule has 2 aliphatic rings. The van der Waals surface area contributed by atoms with Gasteiger partial charge in [0, 0.05) is 23.8 Å². The lowest BCUT2D eigenvalue weighted by atomic mass is 9.78. The summed E-state index contributed by atoms with van der Waals surface area (Å²) in [5.74, 6) is 1.65. The number of hydrogen-bond donors (Lipinski definition) is 1. The predicted molar refractivity (Wildman–Crippen MR) is 127 cm³/mol. The van der Waals surface area contributed by atoms with Crippen LogP contribution in [0.3, 0.4) is 0 Å². The Morgan fingerprint density at radius 1 is 1.13 bits per heavy atom. The smallest absolute Gasteiger partial charge is 0.235 e. The summed E-state index contributed by atoms with van der Waals surface area (Å²) < 4.78 is 5.94. The summed E-state index contributed by atoms with van der Waals surface area (Å²) in [5.41, 5.74) is 1.19. The SMILES string of the molecule is C[C@@H]1CCCN(CCOc2ccc(NC(=O)C3(c4ccccc4Cl)CCCC3)cc2)C1. The predicted octanol–water partition coefficient (Wildman–Crippen LogP) is 5.90. The van der Waals surface area contributed by atoms with Crippen molar-refractivity contribution in [1.29, 1.82) is 0 Å². The van der Waals surface area contributed by atoms with Gasteiger partial charge >= 0.3 is 0 Å². The van der Waals surface area contributed by atoms with Crippen LogP contribution in [0, 0.1) is 5.92 Å². The van der Waals surface area contributed by atoms with Crippen LogP contribution in [-0.4, -0.2) is 37.0 Å². The van der Waals surface area contributed by atoms with Crippen LogP contribution in [0.1, 0.15) is 51.0 Å². The summed E-state index contributed by atoms with van der Waals surface area (Å²) in [4.78, 5) is 15.8. The average Bonchev–Trinajstić information content (AvgIpc) is 3.26. The third-order valence-electron chi connectivity index (χ3n) is 6.81. The third kappa shape index (κ3) is 5.24. The van der Waals surface area contributed by atoms with Crippen LogP contribution in [0.25, 0.3) is 0 Å². The molecule has 0 bridgehead atoms. The van der Waals surface area contributed by atoms with Gasteiger partial charge in [0.1, 0.15) is 12.4 Å². The van der Waals surface area contributed by atoms with Gasteiger partial charge in [0.05, 0.1) is 5.41 Å². The Balaban J connectivity index is 1.35. The molecule has 0 aromatic heterocycles. The Morgan fingerprint density at radius 3 is 2.58 bits per heavy atom. The Bertz CT molecular complexity index is 877. The van der Waals surface area contributed by atoms with Crippen molar-refractivity contribution in [2.45, 2.75) is 50.9 Å². The number of amides is 1. The van der Waals surface area contributed by atoms with Crippen LogP contribution in [0.2, 0.25) is 5.02 Å². The molecule has 1 heterocycles. The van der Waals surface area contributed by atoms with E-state index in [4.69, 9.17) is 16.3 Å². The van der Waals surface area contributed by atoms with Crippen molar-refractivity contribution in [3.63, 3.8) is 0 Å². The maximum Gasteiger partial charge on any atom is 0.235 e. The molecule has 1 atom stereocenters. The third-order valence-corrected chi connectivity index (χ3v) is 7.14. The minimum absolute atomic E-state index is 0.0333. The molecule has 2 aromatic rings. The summed E-state index contributed by atoms with van der Waals surface area (Å²) >= 11 is 6.47. The number of rotatable bonds is 7. The van der Waals surface area contributed by atoms with Gasteiger partial charge in [0.25, 0.3) is 0 Å². The minimum Gasteiger partial charge on any atom is -0.492 e. The summed E-state index contributed by atoms with van der Waals surface area (Å²) in [6.45, 7) is 6.31. The van der Waals surface area contributed by atoms with Crippen molar-refractivity contribution in [3.05, 3.63) is 59.1 Å². The lowest BCUT2D eigenvalue weighted by Crippen LogP contribution is -2.38. The number of benzene rings is 2.